The van der Waals surface area contributed by atoms with Crippen molar-refractivity contribution in [1.82, 2.24) is 0 Å². The topological polar surface area (TPSA) is 114 Å². The second kappa shape index (κ2) is 12.0. The largest absolute Gasteiger partial charge is 0.497 e. The van der Waals surface area contributed by atoms with Gasteiger partial charge in [-0.3, -0.25) is 14.3 Å². The number of nitrogens with zero attached hydrogens (tertiary/aromatic N) is 1. The highest BCUT2D eigenvalue weighted by Crippen LogP contribution is 2.41. The fourth-order valence-corrected chi connectivity index (χ4v) is 6.34. The Hall–Kier alpha value is -4.74. The lowest BCUT2D eigenvalue weighted by molar-refractivity contribution is -0.120. The fraction of sp³-hybridized carbons (Fsp3) is 0.0968. The van der Waals surface area contributed by atoms with E-state index in [1.807, 2.05) is 13.0 Å². The van der Waals surface area contributed by atoms with Crippen molar-refractivity contribution in [1.29, 1.82) is 0 Å². The number of nitrogens with one attached hydrogen (secondary N) is 2. The minimum Gasteiger partial charge on any atom is -0.497 e. The van der Waals surface area contributed by atoms with Gasteiger partial charge in [0.2, 0.25) is 0 Å². The van der Waals surface area contributed by atoms with E-state index in [9.17, 15) is 18.0 Å². The fourth-order valence-electron chi connectivity index (χ4n) is 4.28. The Morgan fingerprint density at radius 1 is 0.762 bits per heavy atom. The average molecular weight is 602 g/mol. The number of imide groups is 1. The van der Waals surface area contributed by atoms with E-state index in [1.165, 1.54) is 19.2 Å². The number of aryl methyl sites for hydroxylation is 1. The van der Waals surface area contributed by atoms with Gasteiger partial charge in [-0.25, -0.2) is 13.3 Å². The lowest BCUT2D eigenvalue weighted by Gasteiger charge is -2.19. The summed E-state index contributed by atoms with van der Waals surface area (Å²) >= 11 is 1.05. The molecule has 0 bridgehead atoms. The number of rotatable bonds is 10. The number of hydrogen-bond donors (Lipinski definition) is 2. The minimum absolute atomic E-state index is 0.0778. The van der Waals surface area contributed by atoms with Crippen LogP contribution in [0.1, 0.15) is 5.56 Å². The van der Waals surface area contributed by atoms with Gasteiger partial charge in [0.15, 0.2) is 0 Å². The molecule has 11 heteroatoms. The molecule has 2 N–H and O–H groups in total. The van der Waals surface area contributed by atoms with E-state index in [-0.39, 0.29) is 15.5 Å². The van der Waals surface area contributed by atoms with Gasteiger partial charge in [-0.05, 0) is 79.2 Å². The van der Waals surface area contributed by atoms with Crippen LogP contribution in [0.5, 0.6) is 11.5 Å². The summed E-state index contributed by atoms with van der Waals surface area (Å²) in [6.45, 7) is 1.86. The molecule has 0 saturated heterocycles. The molecule has 0 saturated carbocycles. The minimum atomic E-state index is -3.83. The summed E-state index contributed by atoms with van der Waals surface area (Å²) in [5.74, 6) is -0.0863. The Labute approximate surface area is 248 Å². The third-order valence-corrected chi connectivity index (χ3v) is 8.81. The molecule has 0 spiro atoms. The predicted molar refractivity (Wildman–Crippen MR) is 163 cm³/mol. The average Bonchev–Trinajstić information content (AvgIpc) is 3.21. The molecular weight excluding hydrogens is 574 g/mol. The predicted octanol–water partition coefficient (Wildman–Crippen LogP) is 5.80. The van der Waals surface area contributed by atoms with E-state index >= 15 is 0 Å². The first-order chi connectivity index (χ1) is 20.2. The first-order valence-corrected chi connectivity index (χ1v) is 15.0. The van der Waals surface area contributed by atoms with Gasteiger partial charge in [-0.15, -0.1) is 0 Å². The highest BCUT2D eigenvalue weighted by molar-refractivity contribution is 8.04. The van der Waals surface area contributed by atoms with Gasteiger partial charge in [-0.1, -0.05) is 42.1 Å². The maximum absolute atomic E-state index is 13.9. The number of carbonyl (C=O) groups excluding carboxylic acids is 2. The molecule has 1 aliphatic heterocycles. The highest BCUT2D eigenvalue weighted by Gasteiger charge is 2.41. The number of anilines is 3. The zero-order valence-electron chi connectivity index (χ0n) is 23.0. The van der Waals surface area contributed by atoms with Crippen molar-refractivity contribution in [3.63, 3.8) is 0 Å². The van der Waals surface area contributed by atoms with Crippen molar-refractivity contribution in [3.05, 3.63) is 113 Å². The van der Waals surface area contributed by atoms with Crippen LogP contribution in [0, 0.1) is 6.92 Å². The molecule has 42 heavy (non-hydrogen) atoms. The summed E-state index contributed by atoms with van der Waals surface area (Å²) < 4.78 is 39.0. The third-order valence-electron chi connectivity index (χ3n) is 6.34. The summed E-state index contributed by atoms with van der Waals surface area (Å²) in [5, 5.41) is 3.11. The Kier molecular flexibility index (Phi) is 8.23. The van der Waals surface area contributed by atoms with Crippen molar-refractivity contribution >= 4 is 50.7 Å². The molecule has 2 amide bonds. The van der Waals surface area contributed by atoms with Crippen LogP contribution in [0.4, 0.5) is 17.1 Å². The van der Waals surface area contributed by atoms with E-state index in [2.05, 4.69) is 10.0 Å². The number of methoxy groups -OCH3 is 2. The molecule has 0 fully saturated rings. The van der Waals surface area contributed by atoms with Crippen molar-refractivity contribution in [2.75, 3.05) is 29.2 Å². The van der Waals surface area contributed by atoms with E-state index in [0.29, 0.717) is 33.5 Å². The van der Waals surface area contributed by atoms with E-state index < -0.39 is 21.8 Å². The van der Waals surface area contributed by atoms with E-state index in [0.717, 1.165) is 22.2 Å². The van der Waals surface area contributed by atoms with Gasteiger partial charge < -0.3 is 14.8 Å². The Morgan fingerprint density at radius 2 is 1.50 bits per heavy atom. The number of carbonyl (C=O) groups is 2. The van der Waals surface area contributed by atoms with Gasteiger partial charge in [-0.2, -0.15) is 0 Å². The number of hydrogen-bond acceptors (Lipinski definition) is 8. The van der Waals surface area contributed by atoms with E-state index in [4.69, 9.17) is 9.47 Å². The van der Waals surface area contributed by atoms with Crippen molar-refractivity contribution in [3.8, 4) is 11.5 Å². The maximum Gasteiger partial charge on any atom is 0.283 e. The van der Waals surface area contributed by atoms with Gasteiger partial charge in [0.1, 0.15) is 22.1 Å². The molecule has 4 aromatic rings. The number of amides is 2. The van der Waals surface area contributed by atoms with Crippen LogP contribution in [0.2, 0.25) is 0 Å². The SMILES string of the molecule is COc1ccc(NC2=C(Sc3cccc(NS(=O)(=O)c4ccccc4)c3)C(=O)N(c3cc(C)ccc3OC)C2=O)cc1. The van der Waals surface area contributed by atoms with Gasteiger partial charge in [0, 0.05) is 16.3 Å². The number of thioether (sulfide) groups is 1. The molecular formula is C31H27N3O6S2. The van der Waals surface area contributed by atoms with Crippen molar-refractivity contribution in [2.45, 2.75) is 16.7 Å². The molecule has 0 aromatic heterocycles. The third kappa shape index (κ3) is 5.97. The van der Waals surface area contributed by atoms with Crippen LogP contribution in [0.15, 0.2) is 117 Å². The molecule has 0 unspecified atom stereocenters. The zero-order valence-corrected chi connectivity index (χ0v) is 24.6. The second-order valence-electron chi connectivity index (χ2n) is 9.23. The summed E-state index contributed by atoms with van der Waals surface area (Å²) in [6.07, 6.45) is 0. The van der Waals surface area contributed by atoms with Crippen LogP contribution in [-0.4, -0.2) is 34.5 Å². The molecule has 4 aromatic carbocycles. The monoisotopic (exact) mass is 601 g/mol. The van der Waals surface area contributed by atoms with Crippen LogP contribution in [0.25, 0.3) is 0 Å². The quantitative estimate of drug-likeness (QED) is 0.219. The Balaban J connectivity index is 1.51. The molecule has 0 radical (unpaired) electrons. The van der Waals surface area contributed by atoms with Crippen LogP contribution < -0.4 is 24.4 Å². The Morgan fingerprint density at radius 3 is 2.19 bits per heavy atom. The summed E-state index contributed by atoms with van der Waals surface area (Å²) in [6, 6.07) is 26.8. The summed E-state index contributed by atoms with van der Waals surface area (Å²) in [5.41, 5.74) is 2.13. The van der Waals surface area contributed by atoms with Crippen LogP contribution in [0.3, 0.4) is 0 Å². The molecule has 0 atom stereocenters. The molecule has 5 rings (SSSR count). The van der Waals surface area contributed by atoms with Crippen molar-refractivity contribution in [2.24, 2.45) is 0 Å². The second-order valence-corrected chi connectivity index (χ2v) is 12.0. The van der Waals surface area contributed by atoms with Gasteiger partial charge >= 0.3 is 0 Å². The van der Waals surface area contributed by atoms with Crippen molar-refractivity contribution < 1.29 is 27.5 Å². The summed E-state index contributed by atoms with van der Waals surface area (Å²) in [7, 11) is -0.799. The lowest BCUT2D eigenvalue weighted by atomic mass is 10.2. The molecule has 1 heterocycles. The normalized spacial score (nSPS) is 13.4. The zero-order chi connectivity index (χ0) is 29.9. The first kappa shape index (κ1) is 28.8. The van der Waals surface area contributed by atoms with Gasteiger partial charge in [0.05, 0.1) is 24.8 Å². The number of sulfonamides is 1. The number of ether oxygens (including phenoxy) is 2. The maximum atomic E-state index is 13.9. The highest BCUT2D eigenvalue weighted by atomic mass is 32.2. The molecule has 214 valence electrons. The van der Waals surface area contributed by atoms with Crippen LogP contribution >= 0.6 is 11.8 Å². The lowest BCUT2D eigenvalue weighted by Crippen LogP contribution is -2.32. The van der Waals surface area contributed by atoms with Gasteiger partial charge in [0.25, 0.3) is 21.8 Å². The Bertz CT molecular complexity index is 1790. The smallest absolute Gasteiger partial charge is 0.283 e. The molecule has 1 aliphatic rings. The molecule has 0 aliphatic carbocycles. The number of benzene rings is 4. The first-order valence-electron chi connectivity index (χ1n) is 12.7. The van der Waals surface area contributed by atoms with Crippen LogP contribution in [-0.2, 0) is 19.6 Å². The standard InChI is InChI=1S/C31H27N3O6S2/c1-20-12-17-27(40-3)26(18-20)34-30(35)28(32-21-13-15-23(39-2)16-14-21)29(31(34)36)41-24-9-7-8-22(19-24)33-42(37,38)25-10-5-4-6-11-25/h4-19,32-33H,1-3H3. The molecule has 9 nitrogen and oxygen atoms in total. The summed E-state index contributed by atoms with van der Waals surface area (Å²) in [4.78, 5) is 29.6. The van der Waals surface area contributed by atoms with E-state index in [1.54, 1.807) is 86.0 Å².